The van der Waals surface area contributed by atoms with E-state index >= 15 is 0 Å². The molecule has 0 saturated carbocycles. The number of unbranched alkanes of at least 4 members (excludes halogenated alkanes) is 3. The summed E-state index contributed by atoms with van der Waals surface area (Å²) in [5.74, 6) is 0.586. The second-order valence-corrected chi connectivity index (χ2v) is 6.22. The molecule has 1 fully saturated rings. The van der Waals surface area contributed by atoms with Gasteiger partial charge in [-0.1, -0.05) is 32.3 Å². The normalized spacial score (nSPS) is 17.3. The van der Waals surface area contributed by atoms with Crippen LogP contribution in [0.25, 0.3) is 10.8 Å². The van der Waals surface area contributed by atoms with Gasteiger partial charge in [-0.2, -0.15) is 0 Å². The molecule has 0 radical (unpaired) electrons. The molecule has 0 aliphatic carbocycles. The average Bonchev–Trinajstić information content (AvgIpc) is 2.98. The Morgan fingerprint density at radius 3 is 2.92 bits per heavy atom. The third kappa shape index (κ3) is 3.61. The zero-order valence-electron chi connectivity index (χ0n) is 14.3. The maximum atomic E-state index is 12.2. The van der Waals surface area contributed by atoms with E-state index in [1.54, 1.807) is 18.2 Å². The van der Waals surface area contributed by atoms with E-state index in [0.29, 0.717) is 12.4 Å². The summed E-state index contributed by atoms with van der Waals surface area (Å²) in [4.78, 5) is 18.1. The van der Waals surface area contributed by atoms with Crippen molar-refractivity contribution in [3.63, 3.8) is 0 Å². The summed E-state index contributed by atoms with van der Waals surface area (Å²) in [5.41, 5.74) is 0.857. The highest BCUT2D eigenvalue weighted by molar-refractivity contribution is 5.94. The fourth-order valence-corrected chi connectivity index (χ4v) is 3.07. The largest absolute Gasteiger partial charge is 0.481 e. The first-order chi connectivity index (χ1) is 11.7. The number of aromatic nitrogens is 1. The molecule has 0 spiro atoms. The summed E-state index contributed by atoms with van der Waals surface area (Å²) in [6.07, 6.45) is 7.22. The second-order valence-electron chi connectivity index (χ2n) is 6.22. The lowest BCUT2D eigenvalue weighted by Crippen LogP contribution is -2.24. The maximum Gasteiger partial charge on any atom is 0.414 e. The van der Waals surface area contributed by atoms with Crippen LogP contribution in [0.5, 0.6) is 5.88 Å². The van der Waals surface area contributed by atoms with Gasteiger partial charge in [0.2, 0.25) is 5.88 Å². The molecular formula is C19H24N2O3. The van der Waals surface area contributed by atoms with Crippen LogP contribution in [0.2, 0.25) is 0 Å². The molecule has 1 unspecified atom stereocenters. The minimum Gasteiger partial charge on any atom is -0.481 e. The number of cyclic esters (lactones) is 1. The first-order valence-electron chi connectivity index (χ1n) is 8.63. The van der Waals surface area contributed by atoms with Gasteiger partial charge in [0.25, 0.3) is 0 Å². The van der Waals surface area contributed by atoms with Crippen LogP contribution in [0.3, 0.4) is 0 Å². The maximum absolute atomic E-state index is 12.2. The van der Waals surface area contributed by atoms with Gasteiger partial charge in [0.1, 0.15) is 6.10 Å². The van der Waals surface area contributed by atoms with E-state index in [9.17, 15) is 4.79 Å². The van der Waals surface area contributed by atoms with E-state index in [0.717, 1.165) is 29.3 Å². The zero-order valence-corrected chi connectivity index (χ0v) is 14.3. The van der Waals surface area contributed by atoms with Crippen LogP contribution >= 0.6 is 0 Å². The quantitative estimate of drug-likeness (QED) is 0.700. The number of hydrogen-bond acceptors (Lipinski definition) is 4. The van der Waals surface area contributed by atoms with Crippen molar-refractivity contribution < 1.29 is 14.3 Å². The zero-order chi connectivity index (χ0) is 16.9. The van der Waals surface area contributed by atoms with Crippen molar-refractivity contribution in [1.82, 2.24) is 4.98 Å². The summed E-state index contributed by atoms with van der Waals surface area (Å²) >= 11 is 0. The lowest BCUT2D eigenvalue weighted by Gasteiger charge is -2.14. The Morgan fingerprint density at radius 1 is 1.25 bits per heavy atom. The van der Waals surface area contributed by atoms with Crippen molar-refractivity contribution in [1.29, 1.82) is 0 Å². The molecule has 1 aromatic heterocycles. The molecular weight excluding hydrogens is 304 g/mol. The van der Waals surface area contributed by atoms with E-state index in [1.807, 2.05) is 24.3 Å². The molecule has 5 nitrogen and oxygen atoms in total. The van der Waals surface area contributed by atoms with Crippen molar-refractivity contribution in [2.45, 2.75) is 45.1 Å². The van der Waals surface area contributed by atoms with Crippen molar-refractivity contribution >= 4 is 22.6 Å². The van der Waals surface area contributed by atoms with Gasteiger partial charge in [-0.15, -0.1) is 0 Å². The molecule has 0 bridgehead atoms. The molecule has 1 aromatic carbocycles. The van der Waals surface area contributed by atoms with Gasteiger partial charge in [0.15, 0.2) is 0 Å². The molecule has 1 amide bonds. The highest BCUT2D eigenvalue weighted by Crippen LogP contribution is 2.28. The third-order valence-corrected chi connectivity index (χ3v) is 4.45. The SMILES string of the molecule is CCCCCCC1CN(c2ccc3cc(OC)ncc3c2)C(=O)O1. The molecule has 1 saturated heterocycles. The summed E-state index contributed by atoms with van der Waals surface area (Å²) in [7, 11) is 1.60. The first-order valence-corrected chi connectivity index (χ1v) is 8.63. The van der Waals surface area contributed by atoms with Crippen LogP contribution in [-0.4, -0.2) is 30.8 Å². The average molecular weight is 328 g/mol. The van der Waals surface area contributed by atoms with Crippen LogP contribution < -0.4 is 9.64 Å². The predicted molar refractivity (Wildman–Crippen MR) is 94.7 cm³/mol. The molecule has 1 aliphatic rings. The number of amides is 1. The number of anilines is 1. The number of benzene rings is 1. The minimum atomic E-state index is -0.253. The van der Waals surface area contributed by atoms with Gasteiger partial charge < -0.3 is 9.47 Å². The highest BCUT2D eigenvalue weighted by Gasteiger charge is 2.31. The summed E-state index contributed by atoms with van der Waals surface area (Å²) in [6.45, 7) is 2.82. The van der Waals surface area contributed by atoms with Crippen LogP contribution in [-0.2, 0) is 4.74 Å². The van der Waals surface area contributed by atoms with Crippen molar-refractivity contribution in [2.75, 3.05) is 18.6 Å². The Bertz CT molecular complexity index is 717. The number of nitrogens with zero attached hydrogens (tertiary/aromatic N) is 2. The lowest BCUT2D eigenvalue weighted by atomic mass is 10.1. The third-order valence-electron chi connectivity index (χ3n) is 4.45. The molecule has 0 N–H and O–H groups in total. The number of ether oxygens (including phenoxy) is 2. The molecule has 5 heteroatoms. The van der Waals surface area contributed by atoms with Gasteiger partial charge in [0.05, 0.1) is 13.7 Å². The molecule has 2 heterocycles. The first kappa shape index (κ1) is 16.6. The van der Waals surface area contributed by atoms with Gasteiger partial charge >= 0.3 is 6.09 Å². The summed E-state index contributed by atoms with van der Waals surface area (Å²) < 4.78 is 10.7. The Kier molecular flexibility index (Phi) is 5.18. The van der Waals surface area contributed by atoms with Crippen LogP contribution in [0, 0.1) is 0 Å². The number of hydrogen-bond donors (Lipinski definition) is 0. The second kappa shape index (κ2) is 7.51. The lowest BCUT2D eigenvalue weighted by molar-refractivity contribution is 0.135. The number of rotatable bonds is 7. The Balaban J connectivity index is 1.69. The number of carbonyl (C=O) groups excluding carboxylic acids is 1. The molecule has 128 valence electrons. The fraction of sp³-hybridized carbons (Fsp3) is 0.474. The highest BCUT2D eigenvalue weighted by atomic mass is 16.6. The van der Waals surface area contributed by atoms with Gasteiger partial charge in [-0.05, 0) is 30.4 Å². The van der Waals surface area contributed by atoms with Crippen molar-refractivity contribution in [3.05, 3.63) is 30.5 Å². The number of fused-ring (bicyclic) bond motifs is 1. The molecule has 1 atom stereocenters. The summed E-state index contributed by atoms with van der Waals surface area (Å²) in [6, 6.07) is 7.79. The molecule has 3 rings (SSSR count). The van der Waals surface area contributed by atoms with Gasteiger partial charge in [0, 0.05) is 23.3 Å². The standard InChI is InChI=1S/C19H24N2O3/c1-3-4-5-6-7-17-13-21(19(22)24-17)16-9-8-14-11-18(23-2)20-12-15(14)10-16/h8-12,17H,3-7,13H2,1-2H3. The topological polar surface area (TPSA) is 51.7 Å². The van der Waals surface area contributed by atoms with Crippen molar-refractivity contribution in [3.8, 4) is 5.88 Å². The van der Waals surface area contributed by atoms with E-state index in [2.05, 4.69) is 11.9 Å². The van der Waals surface area contributed by atoms with Crippen LogP contribution in [0.1, 0.15) is 39.0 Å². The van der Waals surface area contributed by atoms with Gasteiger partial charge in [-0.3, -0.25) is 4.90 Å². The molecule has 2 aromatic rings. The predicted octanol–water partition coefficient (Wildman–Crippen LogP) is 4.54. The smallest absolute Gasteiger partial charge is 0.414 e. The summed E-state index contributed by atoms with van der Waals surface area (Å²) in [5, 5.41) is 2.02. The Morgan fingerprint density at radius 2 is 2.12 bits per heavy atom. The van der Waals surface area contributed by atoms with Crippen molar-refractivity contribution in [2.24, 2.45) is 0 Å². The monoisotopic (exact) mass is 328 g/mol. The molecule has 24 heavy (non-hydrogen) atoms. The van der Waals surface area contributed by atoms with Crippen LogP contribution in [0.4, 0.5) is 10.5 Å². The fourth-order valence-electron chi connectivity index (χ4n) is 3.07. The molecule has 1 aliphatic heterocycles. The number of methoxy groups -OCH3 is 1. The van der Waals surface area contributed by atoms with E-state index < -0.39 is 0 Å². The Labute approximate surface area is 142 Å². The minimum absolute atomic E-state index is 0.000884. The van der Waals surface area contributed by atoms with E-state index in [1.165, 1.54) is 19.3 Å². The Hall–Kier alpha value is -2.30. The van der Waals surface area contributed by atoms with E-state index in [4.69, 9.17) is 9.47 Å². The van der Waals surface area contributed by atoms with E-state index in [-0.39, 0.29) is 12.2 Å². The number of pyridine rings is 1. The van der Waals surface area contributed by atoms with Gasteiger partial charge in [-0.25, -0.2) is 9.78 Å². The number of carbonyl (C=O) groups is 1. The van der Waals surface area contributed by atoms with Crippen LogP contribution in [0.15, 0.2) is 30.5 Å².